The van der Waals surface area contributed by atoms with Crippen molar-refractivity contribution in [2.45, 2.75) is 50.5 Å². The van der Waals surface area contributed by atoms with Gasteiger partial charge in [0.25, 0.3) is 5.56 Å². The van der Waals surface area contributed by atoms with Crippen molar-refractivity contribution in [3.8, 4) is 0 Å². The van der Waals surface area contributed by atoms with Gasteiger partial charge in [-0.25, -0.2) is 4.98 Å². The summed E-state index contributed by atoms with van der Waals surface area (Å²) in [5, 5.41) is 0.675. The highest BCUT2D eigenvalue weighted by molar-refractivity contribution is 6.30. The van der Waals surface area contributed by atoms with E-state index in [1.165, 1.54) is 0 Å². The molecule has 1 N–H and O–H groups in total. The Morgan fingerprint density at radius 1 is 1.07 bits per heavy atom. The molecule has 6 nitrogen and oxygen atoms in total. The molecule has 1 aromatic carbocycles. The Hall–Kier alpha value is -2.34. The van der Waals surface area contributed by atoms with E-state index < -0.39 is 5.41 Å². The molecule has 2 aliphatic heterocycles. The maximum atomic E-state index is 13.5. The third kappa shape index (κ3) is 3.14. The summed E-state index contributed by atoms with van der Waals surface area (Å²) in [5.41, 5.74) is 1.92. The van der Waals surface area contributed by atoms with Gasteiger partial charge in [0, 0.05) is 31.1 Å². The number of nitrogens with one attached hydrogen (secondary N) is 1. The Bertz CT molecular complexity index is 991. The predicted octanol–water partition coefficient (Wildman–Crippen LogP) is 3.03. The Labute approximate surface area is 174 Å². The number of aromatic amines is 1. The second kappa shape index (κ2) is 7.17. The first-order valence-corrected chi connectivity index (χ1v) is 10.9. The first kappa shape index (κ1) is 18.7. The molecule has 1 aliphatic carbocycles. The zero-order valence-corrected chi connectivity index (χ0v) is 17.2. The number of rotatable bonds is 3. The highest BCUT2D eigenvalue weighted by atomic mass is 35.5. The monoisotopic (exact) mass is 412 g/mol. The number of nitrogens with zero attached hydrogens (tertiary/aromatic N) is 3. The van der Waals surface area contributed by atoms with Crippen LogP contribution in [-0.4, -0.2) is 40.4 Å². The summed E-state index contributed by atoms with van der Waals surface area (Å²) in [4.78, 5) is 38.0. The maximum absolute atomic E-state index is 13.5. The number of carbonyl (C=O) groups is 1. The molecule has 29 heavy (non-hydrogen) atoms. The quantitative estimate of drug-likeness (QED) is 0.841. The lowest BCUT2D eigenvalue weighted by atomic mass is 9.63. The molecule has 2 fully saturated rings. The Balaban J connectivity index is 1.41. The highest BCUT2D eigenvalue weighted by Gasteiger charge is 2.48. The van der Waals surface area contributed by atoms with Crippen LogP contribution in [0, 0.1) is 0 Å². The molecule has 7 heteroatoms. The van der Waals surface area contributed by atoms with Crippen LogP contribution in [0.15, 0.2) is 29.1 Å². The van der Waals surface area contributed by atoms with E-state index in [2.05, 4.69) is 9.88 Å². The van der Waals surface area contributed by atoms with Gasteiger partial charge in [0.1, 0.15) is 0 Å². The van der Waals surface area contributed by atoms with Gasteiger partial charge < -0.3 is 9.80 Å². The minimum atomic E-state index is -0.474. The van der Waals surface area contributed by atoms with Crippen LogP contribution in [0.3, 0.4) is 0 Å². The van der Waals surface area contributed by atoms with E-state index in [1.54, 1.807) is 0 Å². The summed E-state index contributed by atoms with van der Waals surface area (Å²) in [5.74, 6) is 0.808. The zero-order valence-electron chi connectivity index (χ0n) is 16.4. The minimum absolute atomic E-state index is 0.108. The molecular formula is C22H25ClN4O2. The fraction of sp³-hybridized carbons (Fsp3) is 0.500. The van der Waals surface area contributed by atoms with Gasteiger partial charge in [-0.15, -0.1) is 0 Å². The van der Waals surface area contributed by atoms with Gasteiger partial charge in [0.15, 0.2) is 0 Å². The van der Waals surface area contributed by atoms with Crippen molar-refractivity contribution in [1.29, 1.82) is 0 Å². The van der Waals surface area contributed by atoms with E-state index in [-0.39, 0.29) is 11.5 Å². The minimum Gasteiger partial charge on any atom is -0.342 e. The summed E-state index contributed by atoms with van der Waals surface area (Å²) in [6, 6.07) is 7.64. The van der Waals surface area contributed by atoms with Crippen LogP contribution < -0.4 is 10.5 Å². The van der Waals surface area contributed by atoms with E-state index in [0.717, 1.165) is 56.5 Å². The molecule has 152 valence electrons. The zero-order chi connectivity index (χ0) is 20.0. The Morgan fingerprint density at radius 3 is 2.45 bits per heavy atom. The lowest BCUT2D eigenvalue weighted by molar-refractivity contribution is -0.142. The van der Waals surface area contributed by atoms with Crippen molar-refractivity contribution in [2.75, 3.05) is 24.5 Å². The Kier molecular flexibility index (Phi) is 4.62. The summed E-state index contributed by atoms with van der Waals surface area (Å²) < 4.78 is 0. The lowest BCUT2D eigenvalue weighted by Crippen LogP contribution is -2.53. The molecule has 1 aromatic heterocycles. The van der Waals surface area contributed by atoms with Crippen molar-refractivity contribution >= 4 is 23.5 Å². The summed E-state index contributed by atoms with van der Waals surface area (Å²) in [6.45, 7) is 2.83. The number of benzene rings is 1. The molecule has 3 heterocycles. The van der Waals surface area contributed by atoms with E-state index in [1.807, 2.05) is 29.2 Å². The van der Waals surface area contributed by atoms with Crippen molar-refractivity contribution in [3.63, 3.8) is 0 Å². The molecular weight excluding hydrogens is 388 g/mol. The first-order valence-electron chi connectivity index (χ1n) is 10.5. The summed E-state index contributed by atoms with van der Waals surface area (Å²) in [6.07, 6.45) is 5.63. The number of hydrogen-bond donors (Lipinski definition) is 1. The third-order valence-corrected chi connectivity index (χ3v) is 7.01. The second-order valence-corrected chi connectivity index (χ2v) is 8.86. The van der Waals surface area contributed by atoms with Crippen LogP contribution in [0.2, 0.25) is 5.02 Å². The number of halogens is 1. The van der Waals surface area contributed by atoms with Crippen LogP contribution in [-0.2, 0) is 23.2 Å². The van der Waals surface area contributed by atoms with Crippen LogP contribution >= 0.6 is 11.6 Å². The molecule has 0 atom stereocenters. The topological polar surface area (TPSA) is 69.3 Å². The number of H-pyrrole nitrogens is 1. The van der Waals surface area contributed by atoms with Gasteiger partial charge in [-0.05, 0) is 43.4 Å². The fourth-order valence-electron chi connectivity index (χ4n) is 4.89. The van der Waals surface area contributed by atoms with Crippen molar-refractivity contribution in [3.05, 3.63) is 56.5 Å². The number of amides is 1. The highest BCUT2D eigenvalue weighted by Crippen LogP contribution is 2.46. The molecule has 5 rings (SSSR count). The second-order valence-electron chi connectivity index (χ2n) is 8.43. The average molecular weight is 413 g/mol. The molecule has 1 saturated carbocycles. The van der Waals surface area contributed by atoms with Gasteiger partial charge in [-0.3, -0.25) is 14.6 Å². The van der Waals surface area contributed by atoms with Crippen LogP contribution in [0.4, 0.5) is 5.95 Å². The molecule has 0 bridgehead atoms. The van der Waals surface area contributed by atoms with E-state index in [9.17, 15) is 9.59 Å². The molecule has 0 radical (unpaired) electrons. The van der Waals surface area contributed by atoms with E-state index >= 15 is 0 Å². The van der Waals surface area contributed by atoms with Gasteiger partial charge in [0.05, 0.1) is 23.2 Å². The fourth-order valence-corrected chi connectivity index (χ4v) is 5.02. The van der Waals surface area contributed by atoms with Gasteiger partial charge in [-0.2, -0.15) is 0 Å². The van der Waals surface area contributed by atoms with Crippen LogP contribution in [0.1, 0.15) is 48.9 Å². The molecule has 1 amide bonds. The number of carbonyl (C=O) groups excluding carboxylic acids is 1. The van der Waals surface area contributed by atoms with Crippen molar-refractivity contribution in [1.82, 2.24) is 14.9 Å². The van der Waals surface area contributed by atoms with Crippen LogP contribution in [0.5, 0.6) is 0 Å². The van der Waals surface area contributed by atoms with Gasteiger partial charge in [0.2, 0.25) is 11.9 Å². The summed E-state index contributed by atoms with van der Waals surface area (Å²) >= 11 is 6.04. The van der Waals surface area contributed by atoms with Crippen molar-refractivity contribution in [2.24, 2.45) is 0 Å². The van der Waals surface area contributed by atoms with Crippen LogP contribution in [0.25, 0.3) is 0 Å². The SMILES string of the molecule is O=C(N1CCc2nc(N3CCCC3)[nH]c(=O)c2C1)C1(c2ccc(Cl)cc2)CCC1. The predicted molar refractivity (Wildman–Crippen MR) is 112 cm³/mol. The molecule has 0 unspecified atom stereocenters. The van der Waals surface area contributed by atoms with Gasteiger partial charge >= 0.3 is 0 Å². The first-order chi connectivity index (χ1) is 14.1. The summed E-state index contributed by atoms with van der Waals surface area (Å²) in [7, 11) is 0. The number of anilines is 1. The number of fused-ring (bicyclic) bond motifs is 1. The normalized spacial score (nSPS) is 20.3. The molecule has 2 aromatic rings. The molecule has 0 spiro atoms. The largest absolute Gasteiger partial charge is 0.342 e. The number of hydrogen-bond acceptors (Lipinski definition) is 4. The lowest BCUT2D eigenvalue weighted by Gasteiger charge is -2.45. The third-order valence-electron chi connectivity index (χ3n) is 6.76. The maximum Gasteiger partial charge on any atom is 0.257 e. The van der Waals surface area contributed by atoms with E-state index in [4.69, 9.17) is 16.6 Å². The van der Waals surface area contributed by atoms with Gasteiger partial charge in [-0.1, -0.05) is 30.2 Å². The molecule has 3 aliphatic rings. The van der Waals surface area contributed by atoms with E-state index in [0.29, 0.717) is 36.0 Å². The van der Waals surface area contributed by atoms with Crippen molar-refractivity contribution < 1.29 is 4.79 Å². The Morgan fingerprint density at radius 2 is 1.79 bits per heavy atom. The number of aromatic nitrogens is 2. The average Bonchev–Trinajstić information content (AvgIpc) is 3.23. The molecule has 1 saturated heterocycles. The standard InChI is InChI=1S/C22H25ClN4O2/c23-16-6-4-15(5-7-16)22(9-3-10-22)20(29)27-13-8-18-17(14-27)19(28)25-21(24-18)26-11-1-2-12-26/h4-7H,1-3,8-14H2,(H,24,25,28). The smallest absolute Gasteiger partial charge is 0.257 e.